The molecule has 8 nitrogen and oxygen atoms in total. The quantitative estimate of drug-likeness (QED) is 0.239. The topological polar surface area (TPSA) is 86.6 Å². The van der Waals surface area contributed by atoms with Gasteiger partial charge < -0.3 is 25.0 Å². The summed E-state index contributed by atoms with van der Waals surface area (Å²) < 4.78 is 38.2. The molecule has 4 aliphatic heterocycles. The van der Waals surface area contributed by atoms with E-state index in [4.69, 9.17) is 16.1 Å². The second kappa shape index (κ2) is 10.5. The first kappa shape index (κ1) is 28.2. The molecule has 2 bridgehead atoms. The first-order chi connectivity index (χ1) is 22.9. The molecule has 4 aliphatic rings. The molecular formula is C37H32F2N6O2. The zero-order valence-corrected chi connectivity index (χ0v) is 25.6. The number of aromatic hydroxyl groups is 1. The third-order valence-corrected chi connectivity index (χ3v) is 10.5. The molecule has 5 aromatic rings. The molecule has 3 aromatic carbocycles. The predicted molar refractivity (Wildman–Crippen MR) is 177 cm³/mol. The summed E-state index contributed by atoms with van der Waals surface area (Å²) in [7, 11) is 0. The number of fused-ring (bicyclic) bond motifs is 7. The molecule has 3 saturated heterocycles. The van der Waals surface area contributed by atoms with Gasteiger partial charge in [0.05, 0.1) is 16.5 Å². The van der Waals surface area contributed by atoms with Gasteiger partial charge in [-0.3, -0.25) is 4.98 Å². The molecule has 0 spiro atoms. The Kier molecular flexibility index (Phi) is 6.31. The van der Waals surface area contributed by atoms with Gasteiger partial charge in [0, 0.05) is 61.0 Å². The maximum atomic E-state index is 16.9. The molecular weight excluding hydrogens is 598 g/mol. The van der Waals surface area contributed by atoms with Crippen molar-refractivity contribution in [3.05, 3.63) is 77.5 Å². The van der Waals surface area contributed by atoms with Crippen molar-refractivity contribution in [1.82, 2.24) is 20.3 Å². The smallest absolute Gasteiger partial charge is 0.319 e. The van der Waals surface area contributed by atoms with Gasteiger partial charge >= 0.3 is 6.01 Å². The lowest BCUT2D eigenvalue weighted by molar-refractivity contribution is 0.209. The number of phenols is 1. The Morgan fingerprint density at radius 2 is 1.91 bits per heavy atom. The van der Waals surface area contributed by atoms with Crippen molar-refractivity contribution in [3.63, 3.8) is 0 Å². The average Bonchev–Trinajstić information content (AvgIpc) is 3.74. The SMILES string of the molecule is C#Cc1c(F)ccc2cc(O)cc(-c3ncc4c(N5C[C@H]6CC[C@@H](C5)N6)nc(OCC56CCCN5c5ccccc5C6)nc4c3F)c12. The van der Waals surface area contributed by atoms with Crippen molar-refractivity contribution < 1.29 is 18.6 Å². The summed E-state index contributed by atoms with van der Waals surface area (Å²) in [5.74, 6) is 1.52. The molecule has 0 saturated carbocycles. The maximum Gasteiger partial charge on any atom is 0.319 e. The Morgan fingerprint density at radius 1 is 1.09 bits per heavy atom. The third-order valence-electron chi connectivity index (χ3n) is 10.5. The van der Waals surface area contributed by atoms with E-state index in [1.54, 1.807) is 6.20 Å². The zero-order valence-electron chi connectivity index (χ0n) is 25.6. The standard InChI is InChI=1S/C37H32F2N6O2/c1-2-26-29(38)11-8-21-14-25(46)15-27(31(21)26)33-32(39)34-28(17-40-33)35(44-18-23-9-10-24(19-44)41-23)43-36(42-34)47-20-37-12-5-13-45(37)30-7-4-3-6-22(30)16-37/h1,3-4,6-8,11,14-15,17,23-24,41,46H,5,9-10,12-13,16,18-20H2/t23-,24+,37?. The summed E-state index contributed by atoms with van der Waals surface area (Å²) >= 11 is 0. The number of nitrogens with zero attached hydrogens (tertiary/aromatic N) is 5. The number of pyridine rings is 1. The van der Waals surface area contributed by atoms with Crippen molar-refractivity contribution in [2.75, 3.05) is 36.0 Å². The van der Waals surface area contributed by atoms with Gasteiger partial charge in [0.2, 0.25) is 0 Å². The number of halogens is 2. The van der Waals surface area contributed by atoms with E-state index in [1.165, 1.54) is 35.5 Å². The maximum absolute atomic E-state index is 16.9. The molecule has 0 radical (unpaired) electrons. The van der Waals surface area contributed by atoms with Crippen molar-refractivity contribution in [3.8, 4) is 35.4 Å². The lowest BCUT2D eigenvalue weighted by Gasteiger charge is -2.35. The molecule has 9 rings (SSSR count). The number of hydrogen-bond acceptors (Lipinski definition) is 8. The molecule has 3 atom stereocenters. The number of hydrogen-bond donors (Lipinski definition) is 2. The minimum absolute atomic E-state index is 0.0274. The largest absolute Gasteiger partial charge is 0.508 e. The lowest BCUT2D eigenvalue weighted by Crippen LogP contribution is -2.51. The fourth-order valence-corrected chi connectivity index (χ4v) is 8.41. The van der Waals surface area contributed by atoms with E-state index in [0.717, 1.165) is 51.7 Å². The fraction of sp³-hybridized carbons (Fsp3) is 0.324. The van der Waals surface area contributed by atoms with Crippen LogP contribution in [0.2, 0.25) is 0 Å². The van der Waals surface area contributed by atoms with Crippen LogP contribution in [0.4, 0.5) is 20.3 Å². The number of rotatable bonds is 5. The summed E-state index contributed by atoms with van der Waals surface area (Å²) in [5.41, 5.74) is 2.44. The van der Waals surface area contributed by atoms with Crippen molar-refractivity contribution in [2.45, 2.75) is 49.7 Å². The number of phenolic OH excluding ortho intramolecular Hbond substituents is 1. The highest BCUT2D eigenvalue weighted by atomic mass is 19.1. The van der Waals surface area contributed by atoms with Gasteiger partial charge in [0.15, 0.2) is 5.82 Å². The molecule has 2 N–H and O–H groups in total. The van der Waals surface area contributed by atoms with Gasteiger partial charge in [-0.15, -0.1) is 6.42 Å². The Morgan fingerprint density at radius 3 is 2.74 bits per heavy atom. The minimum atomic E-state index is -0.720. The van der Waals surface area contributed by atoms with Crippen molar-refractivity contribution in [1.29, 1.82) is 0 Å². The van der Waals surface area contributed by atoms with E-state index in [2.05, 4.69) is 55.3 Å². The fourth-order valence-electron chi connectivity index (χ4n) is 8.41. The number of aromatic nitrogens is 3. The number of ether oxygens (including phenoxy) is 1. The van der Waals surface area contributed by atoms with Gasteiger partial charge in [-0.05, 0) is 60.9 Å². The van der Waals surface area contributed by atoms with Crippen LogP contribution in [-0.2, 0) is 6.42 Å². The van der Waals surface area contributed by atoms with Gasteiger partial charge in [-0.2, -0.15) is 9.97 Å². The van der Waals surface area contributed by atoms with E-state index in [9.17, 15) is 9.50 Å². The molecule has 3 fully saturated rings. The molecule has 0 amide bonds. The second-order valence-corrected chi connectivity index (χ2v) is 13.3. The first-order valence-electron chi connectivity index (χ1n) is 16.2. The van der Waals surface area contributed by atoms with E-state index < -0.39 is 11.6 Å². The highest BCUT2D eigenvalue weighted by molar-refractivity contribution is 6.03. The first-order valence-corrected chi connectivity index (χ1v) is 16.2. The van der Waals surface area contributed by atoms with Crippen LogP contribution in [-0.4, -0.2) is 63.9 Å². The summed E-state index contributed by atoms with van der Waals surface area (Å²) in [5, 5.41) is 15.4. The van der Waals surface area contributed by atoms with Crippen molar-refractivity contribution >= 4 is 33.2 Å². The molecule has 236 valence electrons. The summed E-state index contributed by atoms with van der Waals surface area (Å²) in [4.78, 5) is 18.7. The highest BCUT2D eigenvalue weighted by Crippen LogP contribution is 2.46. The van der Waals surface area contributed by atoms with E-state index in [0.29, 0.717) is 40.7 Å². The Labute approximate surface area is 270 Å². The molecule has 2 aromatic heterocycles. The Hall–Kier alpha value is -5.01. The van der Waals surface area contributed by atoms with E-state index in [-0.39, 0.29) is 39.6 Å². The van der Waals surface area contributed by atoms with Crippen LogP contribution in [0.5, 0.6) is 11.8 Å². The van der Waals surface area contributed by atoms with Gasteiger partial charge in [-0.1, -0.05) is 30.2 Å². The predicted octanol–water partition coefficient (Wildman–Crippen LogP) is 5.72. The van der Waals surface area contributed by atoms with Gasteiger partial charge in [0.25, 0.3) is 0 Å². The van der Waals surface area contributed by atoms with Crippen LogP contribution < -0.4 is 19.9 Å². The van der Waals surface area contributed by atoms with Crippen molar-refractivity contribution in [2.24, 2.45) is 0 Å². The number of para-hydroxylation sites is 1. The zero-order chi connectivity index (χ0) is 31.9. The van der Waals surface area contributed by atoms with Crippen LogP contribution in [0.15, 0.2) is 54.7 Å². The highest BCUT2D eigenvalue weighted by Gasteiger charge is 2.47. The van der Waals surface area contributed by atoms with E-state index in [1.807, 2.05) is 0 Å². The van der Waals surface area contributed by atoms with Crippen LogP contribution in [0.3, 0.4) is 0 Å². The van der Waals surface area contributed by atoms with Crippen LogP contribution in [0.1, 0.15) is 36.8 Å². The monoisotopic (exact) mass is 630 g/mol. The number of piperazine rings is 1. The van der Waals surface area contributed by atoms with Gasteiger partial charge in [-0.25, -0.2) is 8.78 Å². The molecule has 1 unspecified atom stereocenters. The lowest BCUT2D eigenvalue weighted by atomic mass is 9.93. The number of nitrogens with one attached hydrogen (secondary N) is 1. The second-order valence-electron chi connectivity index (χ2n) is 13.3. The number of terminal acetylenes is 1. The molecule has 6 heterocycles. The summed E-state index contributed by atoms with van der Waals surface area (Å²) in [6, 6.07) is 14.8. The summed E-state index contributed by atoms with van der Waals surface area (Å²) in [6.07, 6.45) is 12.3. The average molecular weight is 631 g/mol. The Bertz CT molecular complexity index is 2140. The van der Waals surface area contributed by atoms with Gasteiger partial charge in [0.1, 0.15) is 35.2 Å². The normalized spacial score (nSPS) is 22.9. The number of anilines is 2. The van der Waals surface area contributed by atoms with Crippen LogP contribution >= 0.6 is 0 Å². The Balaban J connectivity index is 1.18. The molecule has 0 aliphatic carbocycles. The third kappa shape index (κ3) is 4.40. The summed E-state index contributed by atoms with van der Waals surface area (Å²) in [6.45, 7) is 2.76. The molecule has 47 heavy (non-hydrogen) atoms. The van der Waals surface area contributed by atoms with Crippen LogP contribution in [0, 0.1) is 24.0 Å². The van der Waals surface area contributed by atoms with E-state index >= 15 is 4.39 Å². The molecule has 10 heteroatoms. The number of benzene rings is 3. The minimum Gasteiger partial charge on any atom is -0.508 e. The van der Waals surface area contributed by atoms with Crippen LogP contribution in [0.25, 0.3) is 32.9 Å².